The quantitative estimate of drug-likeness (QED) is 0.567. The van der Waals surface area contributed by atoms with Crippen LogP contribution < -0.4 is 10.6 Å². The average Bonchev–Trinajstić information content (AvgIpc) is 2.68. The van der Waals surface area contributed by atoms with Crippen molar-refractivity contribution in [3.05, 3.63) is 24.0 Å². The number of hydrogen-bond acceptors (Lipinski definition) is 6. The summed E-state index contributed by atoms with van der Waals surface area (Å²) < 4.78 is 25.3. The van der Waals surface area contributed by atoms with Crippen LogP contribution in [0, 0.1) is 11.7 Å². The Labute approximate surface area is 166 Å². The first kappa shape index (κ1) is 20.9. The van der Waals surface area contributed by atoms with Crippen molar-refractivity contribution >= 4 is 17.3 Å². The van der Waals surface area contributed by atoms with Crippen molar-refractivity contribution in [1.29, 1.82) is 0 Å². The number of piperidine rings is 2. The van der Waals surface area contributed by atoms with Gasteiger partial charge in [-0.1, -0.05) is 0 Å². The van der Waals surface area contributed by atoms with Crippen molar-refractivity contribution in [2.75, 3.05) is 56.6 Å². The SMILES string of the molecule is CCOC(=O)CN1CCC(OCC2CCN(c3ccc(N)cc3F)CC2)CC1. The second-order valence-corrected chi connectivity index (χ2v) is 7.76. The Hall–Kier alpha value is -1.86. The standard InChI is InChI=1S/C21H32FN3O3/c1-2-27-21(26)14-24-9-7-18(8-10-24)28-15-16-5-11-25(12-6-16)20-4-3-17(23)13-19(20)22/h3-4,13,16,18H,2,5-12,14-15,23H2,1H3. The third-order valence-electron chi connectivity index (χ3n) is 5.69. The summed E-state index contributed by atoms with van der Waals surface area (Å²) in [4.78, 5) is 15.8. The molecular weight excluding hydrogens is 361 g/mol. The maximum atomic E-state index is 14.1. The van der Waals surface area contributed by atoms with Crippen molar-refractivity contribution in [1.82, 2.24) is 4.90 Å². The highest BCUT2D eigenvalue weighted by atomic mass is 19.1. The summed E-state index contributed by atoms with van der Waals surface area (Å²) in [5.41, 5.74) is 6.73. The third kappa shape index (κ3) is 5.82. The number of rotatable bonds is 7. The molecule has 2 saturated heterocycles. The molecule has 0 radical (unpaired) electrons. The summed E-state index contributed by atoms with van der Waals surface area (Å²) in [6.07, 6.45) is 4.19. The van der Waals surface area contributed by atoms with E-state index in [1.807, 2.05) is 6.92 Å². The fourth-order valence-electron chi connectivity index (χ4n) is 4.02. The Balaban J connectivity index is 1.34. The number of benzene rings is 1. The van der Waals surface area contributed by atoms with E-state index in [9.17, 15) is 9.18 Å². The van der Waals surface area contributed by atoms with Crippen LogP contribution in [0.3, 0.4) is 0 Å². The molecule has 0 aromatic heterocycles. The molecule has 2 aliphatic heterocycles. The fourth-order valence-corrected chi connectivity index (χ4v) is 4.02. The highest BCUT2D eigenvalue weighted by molar-refractivity contribution is 5.71. The van der Waals surface area contributed by atoms with Gasteiger partial charge >= 0.3 is 5.97 Å². The van der Waals surface area contributed by atoms with Crippen LogP contribution in [0.2, 0.25) is 0 Å². The van der Waals surface area contributed by atoms with Gasteiger partial charge in [0.25, 0.3) is 0 Å². The van der Waals surface area contributed by atoms with Crippen LogP contribution >= 0.6 is 0 Å². The van der Waals surface area contributed by atoms with Gasteiger partial charge in [0.1, 0.15) is 5.82 Å². The van der Waals surface area contributed by atoms with Crippen LogP contribution in [0.15, 0.2) is 18.2 Å². The summed E-state index contributed by atoms with van der Waals surface area (Å²) in [6, 6.07) is 4.91. The number of nitrogens with zero attached hydrogens (tertiary/aromatic N) is 2. The number of hydrogen-bond donors (Lipinski definition) is 1. The molecule has 0 amide bonds. The van der Waals surface area contributed by atoms with E-state index in [0.29, 0.717) is 30.4 Å². The monoisotopic (exact) mass is 393 g/mol. The minimum absolute atomic E-state index is 0.147. The van der Waals surface area contributed by atoms with Crippen molar-refractivity contribution < 1.29 is 18.7 Å². The number of ether oxygens (including phenoxy) is 2. The van der Waals surface area contributed by atoms with Crippen molar-refractivity contribution in [3.8, 4) is 0 Å². The van der Waals surface area contributed by atoms with E-state index in [4.69, 9.17) is 15.2 Å². The van der Waals surface area contributed by atoms with Gasteiger partial charge in [-0.2, -0.15) is 0 Å². The second kappa shape index (κ2) is 10.1. The lowest BCUT2D eigenvalue weighted by Gasteiger charge is -2.35. The fraction of sp³-hybridized carbons (Fsp3) is 0.667. The summed E-state index contributed by atoms with van der Waals surface area (Å²) in [5.74, 6) is 0.126. The summed E-state index contributed by atoms with van der Waals surface area (Å²) >= 11 is 0. The van der Waals surface area contributed by atoms with Gasteiger partial charge < -0.3 is 20.1 Å². The lowest BCUT2D eigenvalue weighted by atomic mass is 9.97. The molecule has 1 aromatic rings. The maximum Gasteiger partial charge on any atom is 0.320 e. The number of carbonyl (C=O) groups is 1. The first-order chi connectivity index (χ1) is 13.5. The number of halogens is 1. The van der Waals surface area contributed by atoms with Crippen molar-refractivity contribution in [2.24, 2.45) is 5.92 Å². The largest absolute Gasteiger partial charge is 0.465 e. The molecule has 0 unspecified atom stereocenters. The Bertz CT molecular complexity index is 642. The molecular formula is C21H32FN3O3. The predicted octanol–water partition coefficient (Wildman–Crippen LogP) is 2.67. The number of carbonyl (C=O) groups excluding carboxylic acids is 1. The molecule has 0 spiro atoms. The molecule has 0 bridgehead atoms. The molecule has 6 nitrogen and oxygen atoms in total. The van der Waals surface area contributed by atoms with Crippen LogP contribution in [0.5, 0.6) is 0 Å². The molecule has 0 aliphatic carbocycles. The lowest BCUT2D eigenvalue weighted by Crippen LogP contribution is -2.41. The molecule has 156 valence electrons. The number of anilines is 2. The molecule has 2 fully saturated rings. The van der Waals surface area contributed by atoms with Crippen molar-refractivity contribution in [2.45, 2.75) is 38.7 Å². The number of nitrogen functional groups attached to an aromatic ring is 1. The van der Waals surface area contributed by atoms with E-state index in [2.05, 4.69) is 9.80 Å². The third-order valence-corrected chi connectivity index (χ3v) is 5.69. The van der Waals surface area contributed by atoms with E-state index >= 15 is 0 Å². The van der Waals surface area contributed by atoms with Gasteiger partial charge in [-0.15, -0.1) is 0 Å². The Morgan fingerprint density at radius 2 is 1.89 bits per heavy atom. The molecule has 28 heavy (non-hydrogen) atoms. The van der Waals surface area contributed by atoms with Crippen LogP contribution in [0.25, 0.3) is 0 Å². The van der Waals surface area contributed by atoms with Gasteiger partial charge in [0, 0.05) is 38.5 Å². The molecule has 0 atom stereocenters. The summed E-state index contributed by atoms with van der Waals surface area (Å²) in [5, 5.41) is 0. The van der Waals surface area contributed by atoms with E-state index in [1.54, 1.807) is 12.1 Å². The highest BCUT2D eigenvalue weighted by Gasteiger charge is 2.25. The van der Waals surface area contributed by atoms with Crippen LogP contribution in [-0.4, -0.2) is 62.9 Å². The smallest absolute Gasteiger partial charge is 0.320 e. The topological polar surface area (TPSA) is 68.0 Å². The second-order valence-electron chi connectivity index (χ2n) is 7.76. The summed E-state index contributed by atoms with van der Waals surface area (Å²) in [6.45, 7) is 6.83. The van der Waals surface area contributed by atoms with Gasteiger partial charge in [-0.3, -0.25) is 9.69 Å². The van der Waals surface area contributed by atoms with Crippen molar-refractivity contribution in [3.63, 3.8) is 0 Å². The van der Waals surface area contributed by atoms with Gasteiger partial charge in [0.15, 0.2) is 0 Å². The maximum absolute atomic E-state index is 14.1. The Morgan fingerprint density at radius 1 is 1.18 bits per heavy atom. The molecule has 2 aliphatic rings. The van der Waals surface area contributed by atoms with Gasteiger partial charge in [-0.05, 0) is 56.7 Å². The zero-order valence-corrected chi connectivity index (χ0v) is 16.7. The van der Waals surface area contributed by atoms with Crippen LogP contribution in [-0.2, 0) is 14.3 Å². The van der Waals surface area contributed by atoms with E-state index in [1.165, 1.54) is 6.07 Å². The molecule has 2 N–H and O–H groups in total. The number of nitrogens with two attached hydrogens (primary N) is 1. The summed E-state index contributed by atoms with van der Waals surface area (Å²) in [7, 11) is 0. The highest BCUT2D eigenvalue weighted by Crippen LogP contribution is 2.27. The lowest BCUT2D eigenvalue weighted by molar-refractivity contribution is -0.145. The average molecular weight is 394 g/mol. The first-order valence-electron chi connectivity index (χ1n) is 10.3. The van der Waals surface area contributed by atoms with Gasteiger partial charge in [0.05, 0.1) is 24.9 Å². The molecule has 1 aromatic carbocycles. The van der Waals surface area contributed by atoms with Crippen LogP contribution in [0.1, 0.15) is 32.6 Å². The zero-order valence-electron chi connectivity index (χ0n) is 16.7. The van der Waals surface area contributed by atoms with Crippen LogP contribution in [0.4, 0.5) is 15.8 Å². The van der Waals surface area contributed by atoms with E-state index < -0.39 is 0 Å². The molecule has 2 heterocycles. The zero-order chi connectivity index (χ0) is 19.9. The number of likely N-dealkylation sites (tertiary alicyclic amines) is 1. The Morgan fingerprint density at radius 3 is 2.54 bits per heavy atom. The van der Waals surface area contributed by atoms with Gasteiger partial charge in [-0.25, -0.2) is 4.39 Å². The number of esters is 1. The molecule has 0 saturated carbocycles. The first-order valence-corrected chi connectivity index (χ1v) is 10.3. The van der Waals surface area contributed by atoms with E-state index in [0.717, 1.165) is 58.5 Å². The molecule has 3 rings (SSSR count). The Kier molecular flexibility index (Phi) is 7.50. The molecule has 7 heteroatoms. The minimum atomic E-state index is -0.246. The minimum Gasteiger partial charge on any atom is -0.465 e. The van der Waals surface area contributed by atoms with E-state index in [-0.39, 0.29) is 17.9 Å². The predicted molar refractivity (Wildman–Crippen MR) is 108 cm³/mol. The van der Waals surface area contributed by atoms with Gasteiger partial charge in [0.2, 0.25) is 0 Å². The normalized spacial score (nSPS) is 19.7.